The fourth-order valence-electron chi connectivity index (χ4n) is 3.23. The number of esters is 1. The second-order valence-electron chi connectivity index (χ2n) is 6.86. The molecule has 33 heavy (non-hydrogen) atoms. The predicted molar refractivity (Wildman–Crippen MR) is 120 cm³/mol. The molecule has 0 saturated carbocycles. The van der Waals surface area contributed by atoms with Gasteiger partial charge in [0, 0.05) is 19.5 Å². The highest BCUT2D eigenvalue weighted by Gasteiger charge is 2.19. The summed E-state index contributed by atoms with van der Waals surface area (Å²) in [4.78, 5) is 41.4. The van der Waals surface area contributed by atoms with Crippen LogP contribution in [0.3, 0.4) is 0 Å². The highest BCUT2D eigenvalue weighted by Crippen LogP contribution is 2.27. The Kier molecular flexibility index (Phi) is 6.89. The van der Waals surface area contributed by atoms with Crippen molar-refractivity contribution in [2.24, 2.45) is 7.05 Å². The number of benzene rings is 1. The lowest BCUT2D eigenvalue weighted by Gasteiger charge is -2.10. The minimum absolute atomic E-state index is 0.000669. The second-order valence-corrected chi connectivity index (χ2v) is 6.86. The molecule has 0 bridgehead atoms. The average Bonchev–Trinajstić information content (AvgIpc) is 3.13. The summed E-state index contributed by atoms with van der Waals surface area (Å²) in [6.45, 7) is 0.987. The third kappa shape index (κ3) is 4.60. The van der Waals surface area contributed by atoms with Crippen molar-refractivity contribution in [3.05, 3.63) is 50.4 Å². The van der Waals surface area contributed by atoms with Crippen LogP contribution < -0.4 is 20.7 Å². The molecular formula is C23H22N4O6. The number of carbonyl (C=O) groups is 1. The number of rotatable bonds is 6. The van der Waals surface area contributed by atoms with Crippen molar-refractivity contribution in [2.45, 2.75) is 20.0 Å². The number of fused-ring (bicyclic) bond motifs is 1. The van der Waals surface area contributed by atoms with Gasteiger partial charge in [0.1, 0.15) is 6.61 Å². The van der Waals surface area contributed by atoms with Gasteiger partial charge in [-0.1, -0.05) is 11.8 Å². The maximum absolute atomic E-state index is 13.0. The van der Waals surface area contributed by atoms with E-state index in [9.17, 15) is 14.4 Å². The molecule has 170 valence electrons. The van der Waals surface area contributed by atoms with Gasteiger partial charge in [-0.15, -0.1) is 6.42 Å². The Bertz CT molecular complexity index is 1440. The Balaban J connectivity index is 2.15. The molecule has 3 rings (SSSR count). The molecule has 10 nitrogen and oxygen atoms in total. The number of hydrogen-bond donors (Lipinski definition) is 0. The van der Waals surface area contributed by atoms with E-state index in [0.29, 0.717) is 17.1 Å². The number of nitrogens with zero attached hydrogens (tertiary/aromatic N) is 4. The van der Waals surface area contributed by atoms with Crippen LogP contribution in [0.2, 0.25) is 0 Å². The predicted octanol–water partition coefficient (Wildman–Crippen LogP) is 0.510. The molecule has 3 aromatic rings. The molecule has 1 aromatic carbocycles. The first-order valence-corrected chi connectivity index (χ1v) is 9.83. The molecule has 0 saturated heterocycles. The molecule has 2 heterocycles. The molecule has 0 fully saturated rings. The molecule has 0 spiro atoms. The fraction of sp³-hybridized carbons (Fsp3) is 0.304. The van der Waals surface area contributed by atoms with Crippen LogP contribution in [-0.4, -0.2) is 45.5 Å². The first-order valence-electron chi connectivity index (χ1n) is 9.83. The van der Waals surface area contributed by atoms with Crippen LogP contribution in [0.15, 0.2) is 27.8 Å². The summed E-state index contributed by atoms with van der Waals surface area (Å²) in [5, 5.41) is 0. The van der Waals surface area contributed by atoms with E-state index in [1.165, 1.54) is 30.3 Å². The SMILES string of the molecule is C#CCn1c(=O)c2c(nc(C#Cc3ccc(OC)c(OC)c3)n2C)n(CCOC(C)=O)c1=O. The third-order valence-corrected chi connectivity index (χ3v) is 4.81. The molecule has 0 radical (unpaired) electrons. The first kappa shape index (κ1) is 23.2. The lowest BCUT2D eigenvalue weighted by atomic mass is 10.2. The van der Waals surface area contributed by atoms with Crippen LogP contribution in [0, 0.1) is 24.2 Å². The Morgan fingerprint density at radius 3 is 2.48 bits per heavy atom. The fourth-order valence-corrected chi connectivity index (χ4v) is 3.23. The van der Waals surface area contributed by atoms with Gasteiger partial charge in [0.25, 0.3) is 5.56 Å². The highest BCUT2D eigenvalue weighted by molar-refractivity contribution is 5.72. The zero-order chi connectivity index (χ0) is 24.1. The summed E-state index contributed by atoms with van der Waals surface area (Å²) in [6.07, 6.45) is 5.34. The molecular weight excluding hydrogens is 428 g/mol. The van der Waals surface area contributed by atoms with Crippen molar-refractivity contribution in [1.82, 2.24) is 18.7 Å². The number of imidazole rings is 1. The van der Waals surface area contributed by atoms with Crippen LogP contribution in [0.4, 0.5) is 0 Å². The summed E-state index contributed by atoms with van der Waals surface area (Å²) in [7, 11) is 4.68. The third-order valence-electron chi connectivity index (χ3n) is 4.81. The topological polar surface area (TPSA) is 107 Å². The van der Waals surface area contributed by atoms with Crippen molar-refractivity contribution in [2.75, 3.05) is 20.8 Å². The summed E-state index contributed by atoms with van der Waals surface area (Å²) in [5.41, 5.74) is -0.300. The summed E-state index contributed by atoms with van der Waals surface area (Å²) >= 11 is 0. The van der Waals surface area contributed by atoms with Crippen molar-refractivity contribution in [1.29, 1.82) is 0 Å². The molecule has 0 N–H and O–H groups in total. The van der Waals surface area contributed by atoms with Crippen molar-refractivity contribution in [3.63, 3.8) is 0 Å². The number of terminal acetylenes is 1. The second kappa shape index (κ2) is 9.79. The number of aromatic nitrogens is 4. The largest absolute Gasteiger partial charge is 0.493 e. The molecule has 0 aliphatic heterocycles. The van der Waals surface area contributed by atoms with Crippen LogP contribution in [0.1, 0.15) is 18.3 Å². The molecule has 0 amide bonds. The zero-order valence-electron chi connectivity index (χ0n) is 18.7. The van der Waals surface area contributed by atoms with Crippen LogP contribution >= 0.6 is 0 Å². The molecule has 0 aliphatic rings. The minimum Gasteiger partial charge on any atom is -0.493 e. The molecule has 10 heteroatoms. The Morgan fingerprint density at radius 2 is 1.85 bits per heavy atom. The van der Waals surface area contributed by atoms with E-state index in [0.717, 1.165) is 4.57 Å². The lowest BCUT2D eigenvalue weighted by molar-refractivity contribution is -0.141. The molecule has 0 aliphatic carbocycles. The summed E-state index contributed by atoms with van der Waals surface area (Å²) in [6, 6.07) is 5.19. The van der Waals surface area contributed by atoms with Gasteiger partial charge in [0.2, 0.25) is 0 Å². The van der Waals surface area contributed by atoms with Gasteiger partial charge in [0.15, 0.2) is 28.5 Å². The summed E-state index contributed by atoms with van der Waals surface area (Å²) < 4.78 is 19.1. The molecule has 2 aromatic heterocycles. The van der Waals surface area contributed by atoms with Crippen molar-refractivity contribution in [3.8, 4) is 35.7 Å². The Hall–Kier alpha value is -4.44. The van der Waals surface area contributed by atoms with Gasteiger partial charge < -0.3 is 18.8 Å². The monoisotopic (exact) mass is 450 g/mol. The number of methoxy groups -OCH3 is 2. The number of hydrogen-bond acceptors (Lipinski definition) is 7. The van der Waals surface area contributed by atoms with Crippen LogP contribution in [0.25, 0.3) is 11.2 Å². The van der Waals surface area contributed by atoms with E-state index in [1.54, 1.807) is 25.2 Å². The highest BCUT2D eigenvalue weighted by atomic mass is 16.5. The van der Waals surface area contributed by atoms with Gasteiger partial charge in [0.05, 0.1) is 27.3 Å². The molecule has 0 atom stereocenters. The zero-order valence-corrected chi connectivity index (χ0v) is 18.7. The van der Waals surface area contributed by atoms with Crippen LogP contribution in [0.5, 0.6) is 11.5 Å². The maximum Gasteiger partial charge on any atom is 0.333 e. The number of ether oxygens (including phenoxy) is 3. The van der Waals surface area contributed by atoms with E-state index >= 15 is 0 Å². The molecule has 0 unspecified atom stereocenters. The van der Waals surface area contributed by atoms with Gasteiger partial charge in [-0.05, 0) is 24.1 Å². The van der Waals surface area contributed by atoms with E-state index in [1.807, 2.05) is 0 Å². The van der Waals surface area contributed by atoms with E-state index in [2.05, 4.69) is 22.7 Å². The quantitative estimate of drug-likeness (QED) is 0.398. The van der Waals surface area contributed by atoms with E-state index < -0.39 is 17.2 Å². The first-order chi connectivity index (χ1) is 15.8. The normalized spacial score (nSPS) is 10.3. The maximum atomic E-state index is 13.0. The minimum atomic E-state index is -0.643. The average molecular weight is 450 g/mol. The van der Waals surface area contributed by atoms with Gasteiger partial charge in [-0.3, -0.25) is 14.2 Å². The summed E-state index contributed by atoms with van der Waals surface area (Å²) in [5.74, 6) is 9.06. The van der Waals surface area contributed by atoms with Gasteiger partial charge in [-0.2, -0.15) is 0 Å². The Morgan fingerprint density at radius 1 is 1.12 bits per heavy atom. The van der Waals surface area contributed by atoms with Crippen molar-refractivity contribution < 1.29 is 19.0 Å². The Labute approximate surface area is 189 Å². The number of aryl methyl sites for hydroxylation is 1. The van der Waals surface area contributed by atoms with Gasteiger partial charge in [-0.25, -0.2) is 14.3 Å². The standard InChI is InChI=1S/C23H22N4O6/c1-6-11-27-22(29)20-21(26(23(27)30)12-13-33-15(2)28)24-19(25(20)3)10-8-16-7-9-17(31-4)18(14-16)32-5/h1,7,9,14H,11-13H2,2-5H3. The van der Waals surface area contributed by atoms with Crippen molar-refractivity contribution >= 4 is 17.1 Å². The van der Waals surface area contributed by atoms with E-state index in [4.69, 9.17) is 20.6 Å². The smallest absolute Gasteiger partial charge is 0.333 e. The van der Waals surface area contributed by atoms with E-state index in [-0.39, 0.29) is 36.7 Å². The number of carbonyl (C=O) groups excluding carboxylic acids is 1. The van der Waals surface area contributed by atoms with Gasteiger partial charge >= 0.3 is 11.7 Å². The van der Waals surface area contributed by atoms with Crippen LogP contribution in [-0.2, 0) is 29.7 Å². The lowest BCUT2D eigenvalue weighted by Crippen LogP contribution is -2.41.